The van der Waals surface area contributed by atoms with Gasteiger partial charge in [-0.2, -0.15) is 0 Å². The lowest BCUT2D eigenvalue weighted by Gasteiger charge is -2.29. The molecule has 1 aromatic rings. The summed E-state index contributed by atoms with van der Waals surface area (Å²) in [6.07, 6.45) is 0. The quantitative estimate of drug-likeness (QED) is 0.523. The molecule has 7 heteroatoms. The normalized spacial score (nSPS) is 12.9. The van der Waals surface area contributed by atoms with Crippen LogP contribution in [0, 0.1) is 15.9 Å². The number of nitro benzene ring substituents is 1. The minimum absolute atomic E-state index is 0.0385. The average molecular weight is 333 g/mol. The molecule has 0 radical (unpaired) electrons. The summed E-state index contributed by atoms with van der Waals surface area (Å²) in [5, 5.41) is 13.5. The number of halogens is 2. The Morgan fingerprint density at radius 3 is 2.58 bits per heavy atom. The van der Waals surface area contributed by atoms with E-state index in [-0.39, 0.29) is 10.4 Å². The summed E-state index contributed by atoms with van der Waals surface area (Å²) < 4.78 is 13.0. The van der Waals surface area contributed by atoms with Gasteiger partial charge >= 0.3 is 0 Å². The van der Waals surface area contributed by atoms with Crippen molar-refractivity contribution in [3.8, 4) is 0 Å². The number of alkyl halides is 1. The minimum Gasteiger partial charge on any atom is -0.346 e. The molecular weight excluding hydrogens is 319 g/mol. The molecular formula is C12H14BrFN2O3. The Labute approximate surface area is 118 Å². The van der Waals surface area contributed by atoms with E-state index in [2.05, 4.69) is 21.2 Å². The monoisotopic (exact) mass is 332 g/mol. The Bertz CT molecular complexity index is 518. The summed E-state index contributed by atoms with van der Waals surface area (Å²) in [5.41, 5.74) is -1.30. The smallest absolute Gasteiger partial charge is 0.285 e. The molecule has 0 saturated heterocycles. The molecule has 104 valence electrons. The second kappa shape index (κ2) is 5.64. The second-order valence-electron chi connectivity index (χ2n) is 4.71. The van der Waals surface area contributed by atoms with Gasteiger partial charge in [-0.1, -0.05) is 22.9 Å². The molecule has 0 aliphatic heterocycles. The first-order chi connectivity index (χ1) is 8.65. The number of nitro groups is 1. The number of rotatable bonds is 4. The summed E-state index contributed by atoms with van der Waals surface area (Å²) in [7, 11) is 0. The predicted molar refractivity (Wildman–Crippen MR) is 73.0 cm³/mol. The zero-order chi connectivity index (χ0) is 14.8. The van der Waals surface area contributed by atoms with Gasteiger partial charge in [0, 0.05) is 10.4 Å². The summed E-state index contributed by atoms with van der Waals surface area (Å²) >= 11 is 3.35. The van der Waals surface area contributed by atoms with Crippen molar-refractivity contribution in [2.75, 3.05) is 0 Å². The van der Waals surface area contributed by atoms with Gasteiger partial charge in [0.2, 0.25) is 0 Å². The fourth-order valence-electron chi connectivity index (χ4n) is 1.31. The molecule has 0 bridgehead atoms. The number of carbonyl (C=O) groups excluding carboxylic acids is 1. The first-order valence-corrected chi connectivity index (χ1v) is 6.47. The zero-order valence-electron chi connectivity index (χ0n) is 10.7. The highest BCUT2D eigenvalue weighted by molar-refractivity contribution is 9.09. The van der Waals surface area contributed by atoms with Crippen LogP contribution in [-0.4, -0.2) is 21.2 Å². The molecule has 19 heavy (non-hydrogen) atoms. The van der Waals surface area contributed by atoms with E-state index in [1.807, 2.05) is 6.92 Å². The standard InChI is InChI=1S/C12H14BrFN2O3/c1-7(13)12(2,3)15-11(17)9-5-4-8(14)6-10(9)16(18)19/h4-7H,1-3H3,(H,15,17). The van der Waals surface area contributed by atoms with E-state index >= 15 is 0 Å². The van der Waals surface area contributed by atoms with Crippen molar-refractivity contribution in [3.05, 3.63) is 39.7 Å². The Hall–Kier alpha value is -1.50. The Morgan fingerprint density at radius 1 is 1.53 bits per heavy atom. The van der Waals surface area contributed by atoms with Crippen LogP contribution < -0.4 is 5.32 Å². The van der Waals surface area contributed by atoms with Crippen LogP contribution in [0.15, 0.2) is 18.2 Å². The maximum atomic E-state index is 13.0. The van der Waals surface area contributed by atoms with Crippen molar-refractivity contribution < 1.29 is 14.1 Å². The number of hydrogen-bond acceptors (Lipinski definition) is 3. The molecule has 1 amide bonds. The van der Waals surface area contributed by atoms with E-state index in [0.717, 1.165) is 18.2 Å². The molecule has 1 rings (SSSR count). The fraction of sp³-hybridized carbons (Fsp3) is 0.417. The van der Waals surface area contributed by atoms with Gasteiger partial charge in [0.25, 0.3) is 11.6 Å². The second-order valence-corrected chi connectivity index (χ2v) is 6.08. The predicted octanol–water partition coefficient (Wildman–Crippen LogP) is 3.03. The highest BCUT2D eigenvalue weighted by Crippen LogP contribution is 2.22. The van der Waals surface area contributed by atoms with Crippen molar-refractivity contribution in [1.29, 1.82) is 0 Å². The number of hydrogen-bond donors (Lipinski definition) is 1. The highest BCUT2D eigenvalue weighted by Gasteiger charge is 2.29. The van der Waals surface area contributed by atoms with Gasteiger partial charge in [-0.25, -0.2) is 4.39 Å². The topological polar surface area (TPSA) is 72.2 Å². The molecule has 0 heterocycles. The van der Waals surface area contributed by atoms with Crippen LogP contribution in [0.1, 0.15) is 31.1 Å². The SMILES string of the molecule is CC(Br)C(C)(C)NC(=O)c1ccc(F)cc1[N+](=O)[O-]. The van der Waals surface area contributed by atoms with Crippen LogP contribution in [0.2, 0.25) is 0 Å². The molecule has 1 unspecified atom stereocenters. The Kier molecular flexibility index (Phi) is 4.62. The van der Waals surface area contributed by atoms with Crippen LogP contribution in [-0.2, 0) is 0 Å². The summed E-state index contributed by atoms with van der Waals surface area (Å²) in [6, 6.07) is 2.86. The molecule has 0 aliphatic carbocycles. The fourth-order valence-corrected chi connectivity index (χ4v) is 1.42. The van der Waals surface area contributed by atoms with Gasteiger partial charge < -0.3 is 5.32 Å². The van der Waals surface area contributed by atoms with Crippen molar-refractivity contribution >= 4 is 27.5 Å². The molecule has 0 fully saturated rings. The Balaban J connectivity index is 3.10. The summed E-state index contributed by atoms with van der Waals surface area (Å²) in [6.45, 7) is 5.40. The zero-order valence-corrected chi connectivity index (χ0v) is 12.3. The molecule has 1 aromatic carbocycles. The number of amides is 1. The Morgan fingerprint density at radius 2 is 2.11 bits per heavy atom. The van der Waals surface area contributed by atoms with Crippen LogP contribution in [0.25, 0.3) is 0 Å². The molecule has 0 spiro atoms. The van der Waals surface area contributed by atoms with Gasteiger partial charge in [0.1, 0.15) is 11.4 Å². The van der Waals surface area contributed by atoms with Crippen molar-refractivity contribution in [2.24, 2.45) is 0 Å². The molecule has 0 aliphatic rings. The van der Waals surface area contributed by atoms with Gasteiger partial charge in [0.15, 0.2) is 0 Å². The molecule has 0 saturated carbocycles. The number of benzene rings is 1. The highest BCUT2D eigenvalue weighted by atomic mass is 79.9. The van der Waals surface area contributed by atoms with Gasteiger partial charge in [-0.05, 0) is 26.0 Å². The van der Waals surface area contributed by atoms with Crippen LogP contribution in [0.4, 0.5) is 10.1 Å². The third kappa shape index (κ3) is 3.73. The molecule has 5 nitrogen and oxygen atoms in total. The van der Waals surface area contributed by atoms with Gasteiger partial charge in [-0.15, -0.1) is 0 Å². The van der Waals surface area contributed by atoms with Crippen LogP contribution >= 0.6 is 15.9 Å². The first kappa shape index (κ1) is 15.6. The maximum absolute atomic E-state index is 13.0. The summed E-state index contributed by atoms with van der Waals surface area (Å²) in [5.74, 6) is -1.36. The van der Waals surface area contributed by atoms with Crippen molar-refractivity contribution in [2.45, 2.75) is 31.1 Å². The van der Waals surface area contributed by atoms with E-state index in [1.165, 1.54) is 0 Å². The lowest BCUT2D eigenvalue weighted by molar-refractivity contribution is -0.385. The lowest BCUT2D eigenvalue weighted by Crippen LogP contribution is -2.48. The van der Waals surface area contributed by atoms with Crippen LogP contribution in [0.5, 0.6) is 0 Å². The van der Waals surface area contributed by atoms with Gasteiger partial charge in [0.05, 0.1) is 11.0 Å². The number of nitrogens with one attached hydrogen (secondary N) is 1. The molecule has 1 N–H and O–H groups in total. The van der Waals surface area contributed by atoms with E-state index in [9.17, 15) is 19.3 Å². The van der Waals surface area contributed by atoms with Crippen LogP contribution in [0.3, 0.4) is 0 Å². The van der Waals surface area contributed by atoms with E-state index in [4.69, 9.17) is 0 Å². The summed E-state index contributed by atoms with van der Waals surface area (Å²) in [4.78, 5) is 22.1. The maximum Gasteiger partial charge on any atom is 0.285 e. The number of carbonyl (C=O) groups is 1. The average Bonchev–Trinajstić information content (AvgIpc) is 2.27. The molecule has 1 atom stereocenters. The third-order valence-corrected chi connectivity index (χ3v) is 3.98. The minimum atomic E-state index is -0.775. The van der Waals surface area contributed by atoms with E-state index < -0.39 is 27.9 Å². The van der Waals surface area contributed by atoms with Crippen molar-refractivity contribution in [1.82, 2.24) is 5.32 Å². The van der Waals surface area contributed by atoms with E-state index in [0.29, 0.717) is 0 Å². The van der Waals surface area contributed by atoms with E-state index in [1.54, 1.807) is 13.8 Å². The lowest BCUT2D eigenvalue weighted by atomic mass is 10.0. The largest absolute Gasteiger partial charge is 0.346 e. The number of nitrogens with zero attached hydrogens (tertiary/aromatic N) is 1. The van der Waals surface area contributed by atoms with Crippen molar-refractivity contribution in [3.63, 3.8) is 0 Å². The first-order valence-electron chi connectivity index (χ1n) is 5.55. The molecule has 0 aromatic heterocycles. The van der Waals surface area contributed by atoms with Gasteiger partial charge in [-0.3, -0.25) is 14.9 Å². The third-order valence-electron chi connectivity index (χ3n) is 2.83.